The molecule has 0 atom stereocenters. The second-order valence-electron chi connectivity index (χ2n) is 5.59. The van der Waals surface area contributed by atoms with Crippen LogP contribution in [0.3, 0.4) is 0 Å². The summed E-state index contributed by atoms with van der Waals surface area (Å²) in [6.45, 7) is 4.27. The molecule has 1 amide bonds. The monoisotopic (exact) mass is 392 g/mol. The number of rotatable bonds is 5. The summed E-state index contributed by atoms with van der Waals surface area (Å²) in [5, 5.41) is 4.42. The van der Waals surface area contributed by atoms with Gasteiger partial charge in [-0.1, -0.05) is 36.8 Å². The van der Waals surface area contributed by atoms with E-state index < -0.39 is 0 Å². The van der Waals surface area contributed by atoms with E-state index in [1.807, 2.05) is 24.3 Å². The number of fused-ring (bicyclic) bond motifs is 1. The van der Waals surface area contributed by atoms with E-state index in [1.54, 1.807) is 31.0 Å². The first-order chi connectivity index (χ1) is 12.0. The van der Waals surface area contributed by atoms with E-state index in [4.69, 9.17) is 16.3 Å². The molecule has 1 heterocycles. The summed E-state index contributed by atoms with van der Waals surface area (Å²) in [6.07, 6.45) is 0. The number of hydrogen-bond donors (Lipinski definition) is 1. The topological polar surface area (TPSA) is 51.2 Å². The highest BCUT2D eigenvalue weighted by molar-refractivity contribution is 7.99. The second kappa shape index (κ2) is 7.64. The molecule has 2 aromatic carbocycles. The van der Waals surface area contributed by atoms with Gasteiger partial charge in [0.25, 0.3) is 5.91 Å². The van der Waals surface area contributed by atoms with Crippen LogP contribution in [0.25, 0.3) is 10.2 Å². The minimum Gasteiger partial charge on any atom is -0.494 e. The number of hydrogen-bond acceptors (Lipinski definition) is 5. The van der Waals surface area contributed by atoms with Crippen LogP contribution >= 0.6 is 34.7 Å². The average Bonchev–Trinajstić information content (AvgIpc) is 3.00. The molecule has 3 rings (SSSR count). The molecule has 25 heavy (non-hydrogen) atoms. The number of amides is 1. The van der Waals surface area contributed by atoms with Crippen molar-refractivity contribution in [1.29, 1.82) is 0 Å². The van der Waals surface area contributed by atoms with Crippen LogP contribution in [0.1, 0.15) is 24.2 Å². The molecule has 0 saturated carbocycles. The Kier molecular flexibility index (Phi) is 5.51. The zero-order chi connectivity index (χ0) is 18.0. The molecule has 7 heteroatoms. The van der Waals surface area contributed by atoms with Crippen molar-refractivity contribution < 1.29 is 9.53 Å². The van der Waals surface area contributed by atoms with Crippen LogP contribution in [0.15, 0.2) is 41.3 Å². The number of nitrogens with one attached hydrogen (secondary N) is 1. The first kappa shape index (κ1) is 18.0. The Morgan fingerprint density at radius 2 is 1.96 bits per heavy atom. The zero-order valence-corrected chi connectivity index (χ0v) is 16.4. The molecule has 0 spiro atoms. The number of thiazole rings is 1. The van der Waals surface area contributed by atoms with Gasteiger partial charge in [-0.15, -0.1) is 11.8 Å². The molecule has 130 valence electrons. The smallest absolute Gasteiger partial charge is 0.257 e. The number of aromatic nitrogens is 1. The van der Waals surface area contributed by atoms with Gasteiger partial charge in [0.05, 0.1) is 16.8 Å². The van der Waals surface area contributed by atoms with Crippen molar-refractivity contribution >= 4 is 56.0 Å². The van der Waals surface area contributed by atoms with Gasteiger partial charge in [0.1, 0.15) is 11.3 Å². The van der Waals surface area contributed by atoms with Crippen LogP contribution < -0.4 is 10.1 Å². The van der Waals surface area contributed by atoms with Gasteiger partial charge >= 0.3 is 0 Å². The Balaban J connectivity index is 1.81. The number of anilines is 1. The van der Waals surface area contributed by atoms with Gasteiger partial charge in [0.15, 0.2) is 5.13 Å². The van der Waals surface area contributed by atoms with Crippen molar-refractivity contribution in [2.75, 3.05) is 12.4 Å². The largest absolute Gasteiger partial charge is 0.494 e. The van der Waals surface area contributed by atoms with E-state index in [2.05, 4.69) is 24.1 Å². The maximum Gasteiger partial charge on any atom is 0.257 e. The number of benzene rings is 2. The van der Waals surface area contributed by atoms with E-state index >= 15 is 0 Å². The first-order valence-electron chi connectivity index (χ1n) is 7.69. The minimum absolute atomic E-state index is 0.199. The first-order valence-corrected chi connectivity index (χ1v) is 9.76. The molecule has 4 nitrogen and oxygen atoms in total. The Bertz CT molecular complexity index is 907. The van der Waals surface area contributed by atoms with Crippen LogP contribution in [-0.4, -0.2) is 23.3 Å². The molecule has 0 fully saturated rings. The second-order valence-corrected chi connectivity index (χ2v) is 8.65. The fourth-order valence-electron chi connectivity index (χ4n) is 2.30. The summed E-state index contributed by atoms with van der Waals surface area (Å²) in [5.74, 6) is 0.432. The summed E-state index contributed by atoms with van der Waals surface area (Å²) < 4.78 is 6.09. The van der Waals surface area contributed by atoms with E-state index in [1.165, 1.54) is 11.3 Å². The number of methoxy groups -OCH3 is 1. The number of carbonyl (C=O) groups excluding carboxylic acids is 1. The summed E-state index contributed by atoms with van der Waals surface area (Å²) in [4.78, 5) is 18.0. The lowest BCUT2D eigenvalue weighted by Gasteiger charge is -2.06. The highest BCUT2D eigenvalue weighted by Gasteiger charge is 2.14. The number of halogens is 1. The molecule has 0 saturated heterocycles. The van der Waals surface area contributed by atoms with E-state index in [0.717, 1.165) is 9.60 Å². The van der Waals surface area contributed by atoms with Crippen LogP contribution in [-0.2, 0) is 0 Å². The molecule has 0 aliphatic carbocycles. The van der Waals surface area contributed by atoms with E-state index in [0.29, 0.717) is 32.2 Å². The van der Waals surface area contributed by atoms with Crippen molar-refractivity contribution in [3.8, 4) is 5.75 Å². The third-order valence-corrected chi connectivity index (χ3v) is 5.83. The highest BCUT2D eigenvalue weighted by Crippen LogP contribution is 2.37. The highest BCUT2D eigenvalue weighted by atomic mass is 35.5. The molecule has 0 aliphatic heterocycles. The fraction of sp³-hybridized carbons (Fsp3) is 0.222. The van der Waals surface area contributed by atoms with Gasteiger partial charge in [0, 0.05) is 15.7 Å². The Morgan fingerprint density at radius 1 is 1.24 bits per heavy atom. The maximum atomic E-state index is 12.4. The fourth-order valence-corrected chi connectivity index (χ4v) is 4.29. The molecule has 1 aromatic heterocycles. The van der Waals surface area contributed by atoms with Gasteiger partial charge in [-0.25, -0.2) is 4.98 Å². The summed E-state index contributed by atoms with van der Waals surface area (Å²) in [7, 11) is 1.58. The van der Waals surface area contributed by atoms with Gasteiger partial charge in [-0.2, -0.15) is 0 Å². The SMILES string of the molecule is COc1ccc(Cl)c2sc(NC(=O)c3ccc(SC(C)C)cc3)nc12. The minimum atomic E-state index is -0.199. The lowest BCUT2D eigenvalue weighted by Crippen LogP contribution is -2.11. The molecule has 3 aromatic rings. The van der Waals surface area contributed by atoms with Gasteiger partial charge < -0.3 is 4.74 Å². The van der Waals surface area contributed by atoms with Crippen molar-refractivity contribution in [2.24, 2.45) is 0 Å². The third-order valence-electron chi connectivity index (χ3n) is 3.39. The molecular weight excluding hydrogens is 376 g/mol. The standard InChI is InChI=1S/C18H17ClN2O2S2/c1-10(2)24-12-6-4-11(5-7-12)17(22)21-18-20-15-14(23-3)9-8-13(19)16(15)25-18/h4-10H,1-3H3,(H,20,21,22). The quantitative estimate of drug-likeness (QED) is 0.565. The lowest BCUT2D eigenvalue weighted by atomic mass is 10.2. The number of thioether (sulfide) groups is 1. The van der Waals surface area contributed by atoms with Crippen molar-refractivity contribution in [3.63, 3.8) is 0 Å². The van der Waals surface area contributed by atoms with Crippen molar-refractivity contribution in [3.05, 3.63) is 47.0 Å². The van der Waals surface area contributed by atoms with Gasteiger partial charge in [0.2, 0.25) is 0 Å². The zero-order valence-electron chi connectivity index (χ0n) is 14.0. The normalized spacial score (nSPS) is 11.1. The predicted octanol–water partition coefficient (Wildman–Crippen LogP) is 5.71. The van der Waals surface area contributed by atoms with Crippen LogP contribution in [0.2, 0.25) is 5.02 Å². The molecule has 0 unspecified atom stereocenters. The molecule has 0 bridgehead atoms. The summed E-state index contributed by atoms with van der Waals surface area (Å²) in [5.41, 5.74) is 1.24. The van der Waals surface area contributed by atoms with Crippen LogP contribution in [0.5, 0.6) is 5.75 Å². The lowest BCUT2D eigenvalue weighted by molar-refractivity contribution is 0.102. The van der Waals surface area contributed by atoms with Crippen LogP contribution in [0.4, 0.5) is 5.13 Å². The van der Waals surface area contributed by atoms with E-state index in [-0.39, 0.29) is 5.91 Å². The maximum absolute atomic E-state index is 12.4. The van der Waals surface area contributed by atoms with Crippen molar-refractivity contribution in [2.45, 2.75) is 24.0 Å². The summed E-state index contributed by atoms with van der Waals surface area (Å²) in [6, 6.07) is 11.1. The van der Waals surface area contributed by atoms with Crippen LogP contribution in [0, 0.1) is 0 Å². The molecular formula is C18H17ClN2O2S2. The predicted molar refractivity (Wildman–Crippen MR) is 107 cm³/mol. The summed E-state index contributed by atoms with van der Waals surface area (Å²) >= 11 is 9.30. The molecule has 0 radical (unpaired) electrons. The number of ether oxygens (including phenoxy) is 1. The Hall–Kier alpha value is -1.76. The number of nitrogens with zero attached hydrogens (tertiary/aromatic N) is 1. The van der Waals surface area contributed by atoms with Gasteiger partial charge in [-0.05, 0) is 36.4 Å². The molecule has 0 aliphatic rings. The number of carbonyl (C=O) groups is 1. The van der Waals surface area contributed by atoms with E-state index in [9.17, 15) is 4.79 Å². The molecule has 1 N–H and O–H groups in total. The van der Waals surface area contributed by atoms with Gasteiger partial charge in [-0.3, -0.25) is 10.1 Å². The Morgan fingerprint density at radius 3 is 2.60 bits per heavy atom. The Labute approximate surface area is 159 Å². The van der Waals surface area contributed by atoms with Crippen molar-refractivity contribution in [1.82, 2.24) is 4.98 Å². The third kappa shape index (κ3) is 4.08. The average molecular weight is 393 g/mol.